The molecule has 25 heavy (non-hydrogen) atoms. The van der Waals surface area contributed by atoms with E-state index in [4.69, 9.17) is 4.98 Å². The molecular formula is C21H22N2OS. The Balaban J connectivity index is 1.60. The monoisotopic (exact) mass is 350 g/mol. The molecule has 1 aliphatic heterocycles. The number of carbonyl (C=O) groups excluding carboxylic acids is 1. The lowest BCUT2D eigenvalue weighted by molar-refractivity contribution is -0.134. The van der Waals surface area contributed by atoms with Crippen molar-refractivity contribution in [2.75, 3.05) is 6.54 Å². The summed E-state index contributed by atoms with van der Waals surface area (Å²) in [5.74, 6) is 0.221. The van der Waals surface area contributed by atoms with E-state index in [2.05, 4.69) is 36.1 Å². The quantitative estimate of drug-likeness (QED) is 0.673. The van der Waals surface area contributed by atoms with Gasteiger partial charge in [0, 0.05) is 6.54 Å². The number of aryl methyl sites for hydroxylation is 1. The highest BCUT2D eigenvalue weighted by atomic mass is 32.1. The zero-order chi connectivity index (χ0) is 17.2. The molecule has 0 aliphatic carbocycles. The summed E-state index contributed by atoms with van der Waals surface area (Å²) in [5, 5.41) is 1.08. The number of hydrogen-bond acceptors (Lipinski definition) is 3. The number of amides is 1. The van der Waals surface area contributed by atoms with Crippen molar-refractivity contribution >= 4 is 27.5 Å². The lowest BCUT2D eigenvalue weighted by Crippen LogP contribution is -2.39. The number of aromatic nitrogens is 1. The van der Waals surface area contributed by atoms with Crippen LogP contribution in [0.4, 0.5) is 0 Å². The van der Waals surface area contributed by atoms with Crippen molar-refractivity contribution in [3.05, 3.63) is 64.7 Å². The molecular weight excluding hydrogens is 328 g/mol. The van der Waals surface area contributed by atoms with Crippen LogP contribution >= 0.6 is 11.3 Å². The summed E-state index contributed by atoms with van der Waals surface area (Å²) >= 11 is 1.73. The fraction of sp³-hybridized carbons (Fsp3) is 0.333. The number of benzene rings is 2. The van der Waals surface area contributed by atoms with Gasteiger partial charge in [-0.15, -0.1) is 11.3 Å². The van der Waals surface area contributed by atoms with Gasteiger partial charge in [0.05, 0.1) is 22.7 Å². The van der Waals surface area contributed by atoms with Crippen LogP contribution in [0.25, 0.3) is 10.2 Å². The molecule has 2 aromatic carbocycles. The summed E-state index contributed by atoms with van der Waals surface area (Å²) in [4.78, 5) is 19.9. The molecule has 1 atom stereocenters. The lowest BCUT2D eigenvalue weighted by atomic mass is 10.00. The normalized spacial score (nSPS) is 17.8. The minimum absolute atomic E-state index is 0.127. The fourth-order valence-corrected chi connectivity index (χ4v) is 4.71. The van der Waals surface area contributed by atoms with E-state index in [0.29, 0.717) is 6.42 Å². The average Bonchev–Trinajstić information content (AvgIpc) is 3.07. The van der Waals surface area contributed by atoms with E-state index in [-0.39, 0.29) is 11.9 Å². The molecule has 0 radical (unpaired) electrons. The third-order valence-corrected chi connectivity index (χ3v) is 6.16. The predicted molar refractivity (Wildman–Crippen MR) is 103 cm³/mol. The van der Waals surface area contributed by atoms with Crippen LogP contribution in [0.1, 0.15) is 41.4 Å². The van der Waals surface area contributed by atoms with E-state index < -0.39 is 0 Å². The third-order valence-electron chi connectivity index (χ3n) is 5.02. The molecule has 1 fully saturated rings. The number of fused-ring (bicyclic) bond motifs is 1. The Morgan fingerprint density at radius 3 is 2.80 bits per heavy atom. The van der Waals surface area contributed by atoms with Gasteiger partial charge >= 0.3 is 0 Å². The smallest absolute Gasteiger partial charge is 0.227 e. The maximum Gasteiger partial charge on any atom is 0.227 e. The summed E-state index contributed by atoms with van der Waals surface area (Å²) < 4.78 is 1.20. The molecule has 1 aliphatic rings. The molecule has 0 bridgehead atoms. The summed E-state index contributed by atoms with van der Waals surface area (Å²) in [5.41, 5.74) is 3.35. The van der Waals surface area contributed by atoms with Gasteiger partial charge in [-0.3, -0.25) is 4.79 Å². The minimum Gasteiger partial charge on any atom is -0.333 e. The number of carbonyl (C=O) groups is 1. The van der Waals surface area contributed by atoms with E-state index in [0.717, 1.165) is 41.9 Å². The maximum atomic E-state index is 13.0. The SMILES string of the molecule is Cc1ccccc1CC(=O)N1CCCC[C@H]1c1nc2ccccc2s1. The van der Waals surface area contributed by atoms with Gasteiger partial charge in [0.2, 0.25) is 5.91 Å². The van der Waals surface area contributed by atoms with Crippen molar-refractivity contribution in [3.8, 4) is 0 Å². The maximum absolute atomic E-state index is 13.0. The van der Waals surface area contributed by atoms with Crippen molar-refractivity contribution < 1.29 is 4.79 Å². The van der Waals surface area contributed by atoms with Crippen LogP contribution in [0.15, 0.2) is 48.5 Å². The summed E-state index contributed by atoms with van der Waals surface area (Å²) in [6, 6.07) is 16.5. The van der Waals surface area contributed by atoms with Crippen LogP contribution in [0, 0.1) is 6.92 Å². The fourth-order valence-electron chi connectivity index (χ4n) is 3.59. The van der Waals surface area contributed by atoms with Crippen molar-refractivity contribution in [2.24, 2.45) is 0 Å². The first kappa shape index (κ1) is 16.3. The van der Waals surface area contributed by atoms with Crippen LogP contribution in [0.2, 0.25) is 0 Å². The van der Waals surface area contributed by atoms with Gasteiger partial charge in [0.15, 0.2) is 0 Å². The van der Waals surface area contributed by atoms with Crippen LogP contribution in [0.3, 0.4) is 0 Å². The largest absolute Gasteiger partial charge is 0.333 e. The molecule has 4 rings (SSSR count). The Morgan fingerprint density at radius 1 is 1.16 bits per heavy atom. The van der Waals surface area contributed by atoms with Gasteiger partial charge < -0.3 is 4.90 Å². The first-order chi connectivity index (χ1) is 12.2. The molecule has 0 saturated carbocycles. The Kier molecular flexibility index (Phi) is 4.53. The molecule has 1 saturated heterocycles. The molecule has 0 spiro atoms. The van der Waals surface area contributed by atoms with Gasteiger partial charge in [-0.2, -0.15) is 0 Å². The van der Waals surface area contributed by atoms with Crippen molar-refractivity contribution in [1.29, 1.82) is 0 Å². The van der Waals surface area contributed by atoms with E-state index in [9.17, 15) is 4.79 Å². The summed E-state index contributed by atoms with van der Waals surface area (Å²) in [6.45, 7) is 2.91. The van der Waals surface area contributed by atoms with E-state index in [1.807, 2.05) is 24.3 Å². The second kappa shape index (κ2) is 6.96. The second-order valence-electron chi connectivity index (χ2n) is 6.72. The Labute approximate surface area is 152 Å². The average molecular weight is 350 g/mol. The number of nitrogens with zero attached hydrogens (tertiary/aromatic N) is 2. The van der Waals surface area contributed by atoms with E-state index in [1.165, 1.54) is 10.3 Å². The van der Waals surface area contributed by atoms with E-state index in [1.54, 1.807) is 11.3 Å². The molecule has 0 N–H and O–H groups in total. The summed E-state index contributed by atoms with van der Waals surface area (Å²) in [6.07, 6.45) is 3.74. The molecule has 3 nitrogen and oxygen atoms in total. The van der Waals surface area contributed by atoms with Crippen LogP contribution < -0.4 is 0 Å². The topological polar surface area (TPSA) is 33.2 Å². The highest BCUT2D eigenvalue weighted by Crippen LogP contribution is 2.36. The molecule has 4 heteroatoms. The molecule has 1 aromatic heterocycles. The minimum atomic E-state index is 0.127. The summed E-state index contributed by atoms with van der Waals surface area (Å²) in [7, 11) is 0. The standard InChI is InChI=1S/C21H22N2OS/c1-15-8-2-3-9-16(15)14-20(24)23-13-7-6-11-18(23)21-22-17-10-4-5-12-19(17)25-21/h2-5,8-10,12,18H,6-7,11,13-14H2,1H3/t18-/m0/s1. The first-order valence-corrected chi connectivity index (χ1v) is 9.73. The Bertz CT molecular complexity index is 869. The lowest BCUT2D eigenvalue weighted by Gasteiger charge is -2.34. The number of piperidine rings is 1. The zero-order valence-electron chi connectivity index (χ0n) is 14.4. The van der Waals surface area contributed by atoms with Crippen molar-refractivity contribution in [1.82, 2.24) is 9.88 Å². The van der Waals surface area contributed by atoms with E-state index >= 15 is 0 Å². The predicted octanol–water partition coefficient (Wildman–Crippen LogP) is 4.90. The van der Waals surface area contributed by atoms with Gasteiger partial charge in [-0.1, -0.05) is 36.4 Å². The molecule has 3 aromatic rings. The highest BCUT2D eigenvalue weighted by Gasteiger charge is 2.30. The number of likely N-dealkylation sites (tertiary alicyclic amines) is 1. The van der Waals surface area contributed by atoms with Crippen molar-refractivity contribution in [3.63, 3.8) is 0 Å². The van der Waals surface area contributed by atoms with Crippen LogP contribution in [-0.4, -0.2) is 22.3 Å². The number of thiazole rings is 1. The van der Waals surface area contributed by atoms with Gasteiger partial charge in [-0.25, -0.2) is 4.98 Å². The first-order valence-electron chi connectivity index (χ1n) is 8.92. The second-order valence-corrected chi connectivity index (χ2v) is 7.78. The van der Waals surface area contributed by atoms with Gasteiger partial charge in [-0.05, 0) is 49.4 Å². The Morgan fingerprint density at radius 2 is 1.96 bits per heavy atom. The van der Waals surface area contributed by atoms with Gasteiger partial charge in [0.25, 0.3) is 0 Å². The molecule has 0 unspecified atom stereocenters. The van der Waals surface area contributed by atoms with Crippen molar-refractivity contribution in [2.45, 2.75) is 38.6 Å². The Hall–Kier alpha value is -2.20. The number of rotatable bonds is 3. The number of hydrogen-bond donors (Lipinski definition) is 0. The van der Waals surface area contributed by atoms with Crippen LogP contribution in [0.5, 0.6) is 0 Å². The van der Waals surface area contributed by atoms with Gasteiger partial charge in [0.1, 0.15) is 5.01 Å². The molecule has 128 valence electrons. The molecule has 2 heterocycles. The molecule has 1 amide bonds. The number of para-hydroxylation sites is 1. The van der Waals surface area contributed by atoms with Crippen LogP contribution in [-0.2, 0) is 11.2 Å². The highest BCUT2D eigenvalue weighted by molar-refractivity contribution is 7.18. The third kappa shape index (κ3) is 3.31. The zero-order valence-corrected chi connectivity index (χ0v) is 15.3.